The molecule has 2 atom stereocenters. The van der Waals surface area contributed by atoms with E-state index in [0.29, 0.717) is 12.8 Å². The number of hydrogen-bond acceptors (Lipinski definition) is 8. The van der Waals surface area contributed by atoms with Gasteiger partial charge in [-0.1, -0.05) is 45.8 Å². The standard InChI is InChI=1S/C29H49N3O8.C2H6/c1-9-11-12-13-14-15-17-22(25(35)38-10-2)32(27(37)40-29(6,7)8)24(34)21-18-16-19-31(21)23(33)20-30-26(36)39-28(3,4)5;1-2/h14-15,21-22H,9-13,16-20H2,1-8H3,(H,30,36);1-2H3/b15-14-;. The summed E-state index contributed by atoms with van der Waals surface area (Å²) in [6, 6.07) is -2.27. The van der Waals surface area contributed by atoms with Crippen molar-refractivity contribution in [2.24, 2.45) is 0 Å². The number of hydrogen-bond donors (Lipinski definition) is 1. The van der Waals surface area contributed by atoms with Gasteiger partial charge in [0.05, 0.1) is 6.61 Å². The van der Waals surface area contributed by atoms with Crippen LogP contribution in [-0.2, 0) is 28.6 Å². The second kappa shape index (κ2) is 19.2. The minimum atomic E-state index is -1.26. The highest BCUT2D eigenvalue weighted by molar-refractivity contribution is 6.01. The van der Waals surface area contributed by atoms with Crippen molar-refractivity contribution in [2.45, 2.75) is 137 Å². The fraction of sp³-hybridized carbons (Fsp3) is 0.774. The summed E-state index contributed by atoms with van der Waals surface area (Å²) >= 11 is 0. The highest BCUT2D eigenvalue weighted by Crippen LogP contribution is 2.24. The molecular formula is C31H55N3O8. The van der Waals surface area contributed by atoms with E-state index in [9.17, 15) is 24.0 Å². The van der Waals surface area contributed by atoms with E-state index in [1.807, 2.05) is 19.9 Å². The number of carbonyl (C=O) groups excluding carboxylic acids is 5. The highest BCUT2D eigenvalue weighted by atomic mass is 16.6. The first-order valence-electron chi connectivity index (χ1n) is 15.2. The number of allylic oxidation sites excluding steroid dienone is 1. The first-order chi connectivity index (χ1) is 19.6. The summed E-state index contributed by atoms with van der Waals surface area (Å²) in [6.45, 7) is 17.8. The van der Waals surface area contributed by atoms with Crippen molar-refractivity contribution < 1.29 is 38.2 Å². The van der Waals surface area contributed by atoms with E-state index in [1.54, 1.807) is 54.5 Å². The molecule has 0 aliphatic carbocycles. The third-order valence-corrected chi connectivity index (χ3v) is 5.84. The van der Waals surface area contributed by atoms with E-state index < -0.39 is 53.3 Å². The number of nitrogens with zero attached hydrogens (tertiary/aromatic N) is 2. The van der Waals surface area contributed by atoms with Gasteiger partial charge in [-0.2, -0.15) is 0 Å². The quantitative estimate of drug-likeness (QED) is 0.130. The Kier molecular flexibility index (Phi) is 17.7. The van der Waals surface area contributed by atoms with E-state index in [0.717, 1.165) is 30.6 Å². The number of alkyl carbamates (subject to hydrolysis) is 1. The van der Waals surface area contributed by atoms with Crippen molar-refractivity contribution in [3.05, 3.63) is 12.2 Å². The molecule has 0 aromatic heterocycles. The zero-order valence-corrected chi connectivity index (χ0v) is 27.5. The Labute approximate surface area is 252 Å². The maximum Gasteiger partial charge on any atom is 0.417 e. The van der Waals surface area contributed by atoms with Crippen LogP contribution in [0.2, 0.25) is 0 Å². The molecule has 0 bridgehead atoms. The van der Waals surface area contributed by atoms with Crippen molar-refractivity contribution in [1.82, 2.24) is 15.1 Å². The van der Waals surface area contributed by atoms with Crippen LogP contribution in [-0.4, -0.2) is 82.8 Å². The molecule has 42 heavy (non-hydrogen) atoms. The molecule has 1 heterocycles. The number of carbonyl (C=O) groups is 5. The van der Waals surface area contributed by atoms with E-state index in [1.165, 1.54) is 4.90 Å². The minimum Gasteiger partial charge on any atom is -0.464 e. The van der Waals surface area contributed by atoms with Gasteiger partial charge >= 0.3 is 18.2 Å². The van der Waals surface area contributed by atoms with Crippen LogP contribution in [0.1, 0.15) is 114 Å². The summed E-state index contributed by atoms with van der Waals surface area (Å²) < 4.78 is 15.9. The van der Waals surface area contributed by atoms with Gasteiger partial charge in [-0.05, 0) is 80.6 Å². The maximum absolute atomic E-state index is 13.9. The van der Waals surface area contributed by atoms with Crippen LogP contribution in [0.4, 0.5) is 9.59 Å². The molecular weight excluding hydrogens is 542 g/mol. The lowest BCUT2D eigenvalue weighted by atomic mass is 10.1. The van der Waals surface area contributed by atoms with Crippen molar-refractivity contribution >= 4 is 30.0 Å². The van der Waals surface area contributed by atoms with Crippen molar-refractivity contribution in [3.8, 4) is 0 Å². The number of unbranched alkanes of at least 4 members (excludes halogenated alkanes) is 3. The third kappa shape index (κ3) is 14.7. The molecule has 1 fully saturated rings. The number of nitrogens with one attached hydrogen (secondary N) is 1. The molecule has 0 saturated carbocycles. The maximum atomic E-state index is 13.9. The molecule has 1 saturated heterocycles. The van der Waals surface area contributed by atoms with Crippen LogP contribution in [0.3, 0.4) is 0 Å². The largest absolute Gasteiger partial charge is 0.464 e. The molecule has 1 aliphatic rings. The third-order valence-electron chi connectivity index (χ3n) is 5.84. The smallest absolute Gasteiger partial charge is 0.417 e. The van der Waals surface area contributed by atoms with Crippen LogP contribution in [0, 0.1) is 0 Å². The normalized spacial score (nSPS) is 15.8. The van der Waals surface area contributed by atoms with Crippen molar-refractivity contribution in [3.63, 3.8) is 0 Å². The Bertz CT molecular complexity index is 905. The number of esters is 1. The SMILES string of the molecule is CC.CCCCC/C=C\CC(C(=O)OCC)N(C(=O)OC(C)(C)C)C(=O)C1CCCN1C(=O)CNC(=O)OC(C)(C)C. The molecule has 0 radical (unpaired) electrons. The Morgan fingerprint density at radius 1 is 0.952 bits per heavy atom. The van der Waals surface area contributed by atoms with Gasteiger partial charge in [0.1, 0.15) is 29.8 Å². The number of rotatable bonds is 12. The fourth-order valence-electron chi connectivity index (χ4n) is 4.13. The summed E-state index contributed by atoms with van der Waals surface area (Å²) in [5.74, 6) is -1.97. The van der Waals surface area contributed by atoms with E-state index in [-0.39, 0.29) is 26.1 Å². The zero-order chi connectivity index (χ0) is 32.5. The van der Waals surface area contributed by atoms with E-state index in [2.05, 4.69) is 12.2 Å². The van der Waals surface area contributed by atoms with Gasteiger partial charge in [0.15, 0.2) is 0 Å². The molecule has 0 spiro atoms. The van der Waals surface area contributed by atoms with Crippen LogP contribution >= 0.6 is 0 Å². The summed E-state index contributed by atoms with van der Waals surface area (Å²) in [6.07, 6.45) is 6.74. The van der Waals surface area contributed by atoms with Gasteiger partial charge in [0.25, 0.3) is 5.91 Å². The van der Waals surface area contributed by atoms with Crippen LogP contribution in [0.15, 0.2) is 12.2 Å². The first-order valence-corrected chi connectivity index (χ1v) is 15.2. The van der Waals surface area contributed by atoms with Crippen molar-refractivity contribution in [1.29, 1.82) is 0 Å². The predicted molar refractivity (Wildman–Crippen MR) is 162 cm³/mol. The topological polar surface area (TPSA) is 132 Å². The molecule has 1 N–H and O–H groups in total. The summed E-state index contributed by atoms with van der Waals surface area (Å²) in [5.41, 5.74) is -1.67. The van der Waals surface area contributed by atoms with Gasteiger partial charge in [0.2, 0.25) is 5.91 Å². The van der Waals surface area contributed by atoms with Gasteiger partial charge in [-0.3, -0.25) is 9.59 Å². The molecule has 11 nitrogen and oxygen atoms in total. The molecule has 242 valence electrons. The molecule has 0 aromatic rings. The second-order valence-electron chi connectivity index (χ2n) is 11.8. The van der Waals surface area contributed by atoms with Crippen LogP contribution < -0.4 is 5.32 Å². The predicted octanol–water partition coefficient (Wildman–Crippen LogP) is 5.75. The molecule has 1 rings (SSSR count). The summed E-state index contributed by atoms with van der Waals surface area (Å²) in [5, 5.41) is 2.41. The molecule has 0 aromatic carbocycles. The molecule has 1 aliphatic heterocycles. The number of ether oxygens (including phenoxy) is 3. The Morgan fingerprint density at radius 2 is 1.57 bits per heavy atom. The summed E-state index contributed by atoms with van der Waals surface area (Å²) in [4.78, 5) is 67.5. The number of likely N-dealkylation sites (tertiary alicyclic amines) is 1. The zero-order valence-electron chi connectivity index (χ0n) is 27.5. The number of amides is 4. The lowest BCUT2D eigenvalue weighted by Gasteiger charge is -2.34. The molecule has 4 amide bonds. The van der Waals surface area contributed by atoms with Gasteiger partial charge in [-0.15, -0.1) is 0 Å². The fourth-order valence-corrected chi connectivity index (χ4v) is 4.13. The second-order valence-corrected chi connectivity index (χ2v) is 11.8. The summed E-state index contributed by atoms with van der Waals surface area (Å²) in [7, 11) is 0. The van der Waals surface area contributed by atoms with Gasteiger partial charge in [0, 0.05) is 6.54 Å². The van der Waals surface area contributed by atoms with Gasteiger partial charge < -0.3 is 24.4 Å². The monoisotopic (exact) mass is 597 g/mol. The minimum absolute atomic E-state index is 0.0524. The molecule has 2 unspecified atom stereocenters. The molecule has 11 heteroatoms. The first kappa shape index (κ1) is 38.9. The van der Waals surface area contributed by atoms with Crippen LogP contribution in [0.5, 0.6) is 0 Å². The lowest BCUT2D eigenvalue weighted by Crippen LogP contribution is -2.57. The average Bonchev–Trinajstić information content (AvgIpc) is 3.38. The lowest BCUT2D eigenvalue weighted by molar-refractivity contribution is -0.156. The van der Waals surface area contributed by atoms with Crippen LogP contribution in [0.25, 0.3) is 0 Å². The Hall–Kier alpha value is -3.11. The van der Waals surface area contributed by atoms with E-state index >= 15 is 0 Å². The van der Waals surface area contributed by atoms with Crippen molar-refractivity contribution in [2.75, 3.05) is 19.7 Å². The Balaban J connectivity index is 0.00000821. The Morgan fingerprint density at radius 3 is 2.12 bits per heavy atom. The number of imide groups is 1. The van der Waals surface area contributed by atoms with Gasteiger partial charge in [-0.25, -0.2) is 19.3 Å². The highest BCUT2D eigenvalue weighted by Gasteiger charge is 2.44. The van der Waals surface area contributed by atoms with E-state index in [4.69, 9.17) is 14.2 Å². The average molecular weight is 598 g/mol.